The second kappa shape index (κ2) is 7.53. The van der Waals surface area contributed by atoms with E-state index in [1.54, 1.807) is 41.0 Å². The summed E-state index contributed by atoms with van der Waals surface area (Å²) in [5, 5.41) is 16.6. The van der Waals surface area contributed by atoms with Gasteiger partial charge in [-0.1, -0.05) is 17.7 Å². The number of nitrogens with zero attached hydrogens (tertiary/aromatic N) is 4. The molecule has 0 unspecified atom stereocenters. The fourth-order valence-corrected chi connectivity index (χ4v) is 3.11. The number of carbonyl (C=O) groups excluding carboxylic acids is 2. The fraction of sp³-hybridized carbons (Fsp3) is 0.158. The lowest BCUT2D eigenvalue weighted by molar-refractivity contribution is -0.137. The van der Waals surface area contributed by atoms with Gasteiger partial charge in [-0.25, -0.2) is 9.50 Å². The summed E-state index contributed by atoms with van der Waals surface area (Å²) < 4.78 is 6.72. The smallest absolute Gasteiger partial charge is 0.277 e. The van der Waals surface area contributed by atoms with Gasteiger partial charge in [0.25, 0.3) is 11.8 Å². The maximum absolute atomic E-state index is 12.3. The number of imide groups is 1. The zero-order valence-corrected chi connectivity index (χ0v) is 16.1. The van der Waals surface area contributed by atoms with Crippen LogP contribution in [-0.2, 0) is 9.59 Å². The van der Waals surface area contributed by atoms with E-state index in [1.165, 1.54) is 13.2 Å². The molecular weight excluding hydrogens is 398 g/mol. The molecule has 3 heterocycles. The quantitative estimate of drug-likeness (QED) is 0.592. The minimum Gasteiger partial charge on any atom is -0.480 e. The molecule has 3 aromatic rings. The highest BCUT2D eigenvalue weighted by atomic mass is 35.5. The normalized spacial score (nSPS) is 13.9. The molecule has 0 spiro atoms. The molecule has 2 N–H and O–H groups in total. The summed E-state index contributed by atoms with van der Waals surface area (Å²) in [5.74, 6) is -0.544. The van der Waals surface area contributed by atoms with E-state index >= 15 is 0 Å². The van der Waals surface area contributed by atoms with E-state index in [-0.39, 0.29) is 18.8 Å². The first-order chi connectivity index (χ1) is 14.0. The van der Waals surface area contributed by atoms with Crippen LogP contribution in [-0.4, -0.2) is 56.7 Å². The Morgan fingerprint density at radius 3 is 2.83 bits per heavy atom. The SMILES string of the molecule is COc1ccc2nc(-c3ccc(Cl)c(NC4=CC(=O)N(CCO)C4=O)c3)cn2n1. The Labute approximate surface area is 170 Å². The number of halogens is 1. The molecule has 1 aliphatic heterocycles. The van der Waals surface area contributed by atoms with Gasteiger partial charge < -0.3 is 15.2 Å². The molecule has 1 aromatic carbocycles. The molecule has 0 atom stereocenters. The lowest BCUT2D eigenvalue weighted by atomic mass is 10.1. The van der Waals surface area contributed by atoms with Gasteiger partial charge >= 0.3 is 0 Å². The van der Waals surface area contributed by atoms with E-state index < -0.39 is 11.8 Å². The van der Waals surface area contributed by atoms with Crippen LogP contribution in [0.15, 0.2) is 48.3 Å². The van der Waals surface area contributed by atoms with Crippen molar-refractivity contribution in [3.63, 3.8) is 0 Å². The molecule has 0 fully saturated rings. The average molecular weight is 414 g/mol. The molecule has 1 aliphatic rings. The third-order valence-electron chi connectivity index (χ3n) is 4.37. The number of methoxy groups -OCH3 is 1. The average Bonchev–Trinajstić information content (AvgIpc) is 3.25. The maximum atomic E-state index is 12.3. The van der Waals surface area contributed by atoms with Crippen molar-refractivity contribution < 1.29 is 19.4 Å². The zero-order valence-electron chi connectivity index (χ0n) is 15.3. The summed E-state index contributed by atoms with van der Waals surface area (Å²) in [6.45, 7) is -0.369. The number of amides is 2. The molecule has 148 valence electrons. The number of aliphatic hydroxyl groups is 1. The Morgan fingerprint density at radius 1 is 1.24 bits per heavy atom. The number of imidazole rings is 1. The Hall–Kier alpha value is -3.43. The van der Waals surface area contributed by atoms with Gasteiger partial charge in [-0.2, -0.15) is 0 Å². The number of anilines is 1. The summed E-state index contributed by atoms with van der Waals surface area (Å²) in [7, 11) is 1.54. The minimum absolute atomic E-state index is 0.0647. The van der Waals surface area contributed by atoms with Crippen LogP contribution < -0.4 is 10.1 Å². The predicted octanol–water partition coefficient (Wildman–Crippen LogP) is 1.72. The maximum Gasteiger partial charge on any atom is 0.277 e. The molecule has 4 rings (SSSR count). The van der Waals surface area contributed by atoms with Gasteiger partial charge in [0.15, 0.2) is 5.65 Å². The molecule has 29 heavy (non-hydrogen) atoms. The number of fused-ring (bicyclic) bond motifs is 1. The van der Waals surface area contributed by atoms with E-state index in [1.807, 2.05) is 0 Å². The Kier molecular flexibility index (Phi) is 4.91. The summed E-state index contributed by atoms with van der Waals surface area (Å²) in [5.41, 5.74) is 2.57. The first kappa shape index (κ1) is 18.9. The molecule has 0 radical (unpaired) electrons. The molecule has 2 amide bonds. The summed E-state index contributed by atoms with van der Waals surface area (Å²) in [6.07, 6.45) is 2.93. The van der Waals surface area contributed by atoms with Crippen LogP contribution in [0.3, 0.4) is 0 Å². The van der Waals surface area contributed by atoms with E-state index in [2.05, 4.69) is 15.4 Å². The van der Waals surface area contributed by atoms with Crippen LogP contribution in [0.2, 0.25) is 5.02 Å². The van der Waals surface area contributed by atoms with Crippen molar-refractivity contribution in [2.75, 3.05) is 25.6 Å². The number of carbonyl (C=O) groups is 2. The second-order valence-electron chi connectivity index (χ2n) is 6.20. The Bertz CT molecular complexity index is 1160. The molecule has 0 bridgehead atoms. The van der Waals surface area contributed by atoms with Gasteiger partial charge in [-0.3, -0.25) is 14.5 Å². The molecule has 10 heteroatoms. The highest BCUT2D eigenvalue weighted by Crippen LogP contribution is 2.30. The summed E-state index contributed by atoms with van der Waals surface area (Å²) in [4.78, 5) is 29.7. The molecule has 9 nitrogen and oxygen atoms in total. The van der Waals surface area contributed by atoms with Crippen LogP contribution >= 0.6 is 11.6 Å². The number of hydrogen-bond donors (Lipinski definition) is 2. The van der Waals surface area contributed by atoms with Crippen molar-refractivity contribution >= 4 is 34.7 Å². The highest BCUT2D eigenvalue weighted by molar-refractivity contribution is 6.33. The molecule has 2 aromatic heterocycles. The van der Waals surface area contributed by atoms with Crippen molar-refractivity contribution in [2.45, 2.75) is 0 Å². The van der Waals surface area contributed by atoms with Gasteiger partial charge in [0.2, 0.25) is 5.88 Å². The number of ether oxygens (including phenoxy) is 1. The van der Waals surface area contributed by atoms with E-state index in [0.717, 1.165) is 10.5 Å². The Morgan fingerprint density at radius 2 is 2.07 bits per heavy atom. The van der Waals surface area contributed by atoms with E-state index in [0.29, 0.717) is 27.9 Å². The highest BCUT2D eigenvalue weighted by Gasteiger charge is 2.30. The largest absolute Gasteiger partial charge is 0.480 e. The number of hydrogen-bond acceptors (Lipinski definition) is 7. The van der Waals surface area contributed by atoms with Crippen molar-refractivity contribution in [1.82, 2.24) is 19.5 Å². The predicted molar refractivity (Wildman–Crippen MR) is 105 cm³/mol. The number of nitrogens with one attached hydrogen (secondary N) is 1. The van der Waals surface area contributed by atoms with Gasteiger partial charge in [-0.15, -0.1) is 5.10 Å². The topological polar surface area (TPSA) is 109 Å². The number of benzene rings is 1. The van der Waals surface area contributed by atoms with Crippen molar-refractivity contribution in [3.05, 3.63) is 53.3 Å². The number of aliphatic hydroxyl groups excluding tert-OH is 1. The van der Waals surface area contributed by atoms with Gasteiger partial charge in [0, 0.05) is 17.7 Å². The van der Waals surface area contributed by atoms with Gasteiger partial charge in [0.05, 0.1) is 42.9 Å². The van der Waals surface area contributed by atoms with Crippen molar-refractivity contribution in [2.24, 2.45) is 0 Å². The summed E-state index contributed by atoms with van der Waals surface area (Å²) in [6, 6.07) is 8.70. The zero-order chi connectivity index (χ0) is 20.5. The van der Waals surface area contributed by atoms with Crippen LogP contribution in [0.1, 0.15) is 0 Å². The molecular formula is C19H16ClN5O4. The standard InChI is InChI=1S/C19H16ClN5O4/c1-29-17-5-4-16-22-15(10-25(16)23-17)11-2-3-12(20)13(8-11)21-14-9-18(27)24(6-7-26)19(14)28/h2-5,8-10,21,26H,6-7H2,1H3. The number of β-amino-alcohol motifs (C(OH)–C–C–N with tert-alkyl or cyclic N) is 1. The fourth-order valence-electron chi connectivity index (χ4n) is 2.95. The second-order valence-corrected chi connectivity index (χ2v) is 6.61. The van der Waals surface area contributed by atoms with Crippen LogP contribution in [0.5, 0.6) is 5.88 Å². The third-order valence-corrected chi connectivity index (χ3v) is 4.70. The van der Waals surface area contributed by atoms with Crippen LogP contribution in [0.25, 0.3) is 16.9 Å². The molecule has 0 aliphatic carbocycles. The van der Waals surface area contributed by atoms with Crippen molar-refractivity contribution in [1.29, 1.82) is 0 Å². The lowest BCUT2D eigenvalue weighted by Gasteiger charge is -2.14. The molecule has 0 saturated carbocycles. The Balaban J connectivity index is 1.64. The monoisotopic (exact) mass is 413 g/mol. The number of aromatic nitrogens is 3. The van der Waals surface area contributed by atoms with Crippen molar-refractivity contribution in [3.8, 4) is 17.1 Å². The lowest BCUT2D eigenvalue weighted by Crippen LogP contribution is -2.34. The third kappa shape index (κ3) is 3.53. The van der Waals surface area contributed by atoms with E-state index in [4.69, 9.17) is 21.4 Å². The first-order valence-corrected chi connectivity index (χ1v) is 9.03. The van der Waals surface area contributed by atoms with Gasteiger partial charge in [0.1, 0.15) is 5.70 Å². The first-order valence-electron chi connectivity index (χ1n) is 8.66. The van der Waals surface area contributed by atoms with E-state index in [9.17, 15) is 9.59 Å². The van der Waals surface area contributed by atoms with Gasteiger partial charge in [-0.05, 0) is 18.2 Å². The summed E-state index contributed by atoms with van der Waals surface area (Å²) >= 11 is 6.27. The molecule has 0 saturated heterocycles. The van der Waals surface area contributed by atoms with Crippen LogP contribution in [0.4, 0.5) is 5.69 Å². The minimum atomic E-state index is -0.519. The van der Waals surface area contributed by atoms with Crippen LogP contribution in [0, 0.1) is 0 Å². The number of rotatable bonds is 6.